The SMILES string of the molecule is C=CCOC(=O)Nc1cc(NC(=O)OCC2c3ccccc3-c3ccccc32)ccc1C(=O)N1CCC[C@H]1CO. The number of fused-ring (bicyclic) bond motifs is 3. The highest BCUT2D eigenvalue weighted by Gasteiger charge is 2.31. The molecule has 5 rings (SSSR count). The third-order valence-electron chi connectivity index (χ3n) is 7.26. The lowest BCUT2D eigenvalue weighted by Gasteiger charge is -2.24. The molecule has 0 bridgehead atoms. The molecule has 206 valence electrons. The largest absolute Gasteiger partial charge is 0.448 e. The van der Waals surface area contributed by atoms with Gasteiger partial charge in [0.2, 0.25) is 0 Å². The molecule has 1 aliphatic heterocycles. The summed E-state index contributed by atoms with van der Waals surface area (Å²) < 4.78 is 10.7. The van der Waals surface area contributed by atoms with Gasteiger partial charge in [-0.15, -0.1) is 0 Å². The van der Waals surface area contributed by atoms with Crippen LogP contribution in [-0.4, -0.2) is 60.5 Å². The summed E-state index contributed by atoms with van der Waals surface area (Å²) in [6.07, 6.45) is 1.47. The van der Waals surface area contributed by atoms with Gasteiger partial charge in [-0.2, -0.15) is 0 Å². The molecule has 0 saturated carbocycles. The minimum atomic E-state index is -0.771. The minimum absolute atomic E-state index is 0.00842. The Hall–Kier alpha value is -4.63. The minimum Gasteiger partial charge on any atom is -0.448 e. The fraction of sp³-hybridized carbons (Fsp3) is 0.258. The normalized spacial score (nSPS) is 15.6. The molecule has 9 heteroatoms. The zero-order valence-corrected chi connectivity index (χ0v) is 22.0. The lowest BCUT2D eigenvalue weighted by Crippen LogP contribution is -2.38. The zero-order valence-electron chi connectivity index (χ0n) is 22.0. The smallest absolute Gasteiger partial charge is 0.411 e. The van der Waals surface area contributed by atoms with Gasteiger partial charge in [-0.3, -0.25) is 15.4 Å². The van der Waals surface area contributed by atoms with Crippen molar-refractivity contribution in [2.24, 2.45) is 0 Å². The predicted molar refractivity (Wildman–Crippen MR) is 151 cm³/mol. The summed E-state index contributed by atoms with van der Waals surface area (Å²) in [5.41, 5.74) is 5.18. The molecule has 0 spiro atoms. The number of aliphatic hydroxyl groups is 1. The van der Waals surface area contributed by atoms with Crippen LogP contribution >= 0.6 is 0 Å². The Labute approximate surface area is 232 Å². The molecule has 3 aromatic rings. The molecule has 1 saturated heterocycles. The first-order chi connectivity index (χ1) is 19.5. The van der Waals surface area contributed by atoms with Gasteiger partial charge in [-0.25, -0.2) is 9.59 Å². The second-order valence-electron chi connectivity index (χ2n) is 9.70. The molecule has 1 aliphatic carbocycles. The third-order valence-corrected chi connectivity index (χ3v) is 7.26. The van der Waals surface area contributed by atoms with Crippen LogP contribution in [0.15, 0.2) is 79.4 Å². The number of aliphatic hydroxyl groups excluding tert-OH is 1. The van der Waals surface area contributed by atoms with Gasteiger partial charge in [0, 0.05) is 18.2 Å². The monoisotopic (exact) mass is 541 g/mol. The second kappa shape index (κ2) is 12.0. The molecule has 9 nitrogen and oxygen atoms in total. The first kappa shape index (κ1) is 27.0. The lowest BCUT2D eigenvalue weighted by atomic mass is 9.98. The molecule has 40 heavy (non-hydrogen) atoms. The van der Waals surface area contributed by atoms with Crippen molar-refractivity contribution in [2.75, 3.05) is 37.0 Å². The first-order valence-corrected chi connectivity index (χ1v) is 13.2. The molecule has 1 atom stereocenters. The summed E-state index contributed by atoms with van der Waals surface area (Å²) in [6, 6.07) is 20.4. The summed E-state index contributed by atoms with van der Waals surface area (Å²) in [5, 5.41) is 14.9. The van der Waals surface area contributed by atoms with E-state index in [2.05, 4.69) is 29.3 Å². The lowest BCUT2D eigenvalue weighted by molar-refractivity contribution is 0.0678. The van der Waals surface area contributed by atoms with E-state index in [0.29, 0.717) is 18.7 Å². The highest BCUT2D eigenvalue weighted by molar-refractivity contribution is 6.04. The summed E-state index contributed by atoms with van der Waals surface area (Å²) in [7, 11) is 0. The van der Waals surface area contributed by atoms with E-state index < -0.39 is 12.2 Å². The Morgan fingerprint density at radius 3 is 2.30 bits per heavy atom. The quantitative estimate of drug-likeness (QED) is 0.330. The van der Waals surface area contributed by atoms with Crippen LogP contribution in [-0.2, 0) is 9.47 Å². The number of amides is 3. The number of anilines is 2. The molecule has 1 fully saturated rings. The maximum atomic E-state index is 13.3. The fourth-order valence-corrected chi connectivity index (χ4v) is 5.39. The second-order valence-corrected chi connectivity index (χ2v) is 9.70. The van der Waals surface area contributed by atoms with E-state index in [1.54, 1.807) is 11.0 Å². The Morgan fingerprint density at radius 1 is 0.950 bits per heavy atom. The number of likely N-dealkylation sites (tertiary alicyclic amines) is 1. The maximum Gasteiger partial charge on any atom is 0.411 e. The van der Waals surface area contributed by atoms with Gasteiger partial charge in [0.15, 0.2) is 0 Å². The van der Waals surface area contributed by atoms with E-state index in [4.69, 9.17) is 9.47 Å². The van der Waals surface area contributed by atoms with E-state index in [1.165, 1.54) is 18.2 Å². The number of carbonyl (C=O) groups is 3. The van der Waals surface area contributed by atoms with Crippen molar-refractivity contribution in [1.29, 1.82) is 0 Å². The van der Waals surface area contributed by atoms with Gasteiger partial charge < -0.3 is 19.5 Å². The molecule has 0 radical (unpaired) electrons. The summed E-state index contributed by atoms with van der Waals surface area (Å²) in [6.45, 7) is 4.02. The molecule has 3 aromatic carbocycles. The van der Waals surface area contributed by atoms with E-state index in [0.717, 1.165) is 28.7 Å². The molecule has 3 amide bonds. The Balaban J connectivity index is 1.31. The Bertz CT molecular complexity index is 1390. The molecule has 1 heterocycles. The van der Waals surface area contributed by atoms with Crippen molar-refractivity contribution in [2.45, 2.75) is 24.8 Å². The maximum absolute atomic E-state index is 13.3. The number of benzene rings is 3. The van der Waals surface area contributed by atoms with Gasteiger partial charge in [0.05, 0.1) is 23.9 Å². The highest BCUT2D eigenvalue weighted by atomic mass is 16.6. The summed E-state index contributed by atoms with van der Waals surface area (Å²) in [5.74, 6) is -0.418. The van der Waals surface area contributed by atoms with Gasteiger partial charge >= 0.3 is 12.2 Å². The van der Waals surface area contributed by atoms with Crippen molar-refractivity contribution in [3.63, 3.8) is 0 Å². The third kappa shape index (κ3) is 5.55. The molecule has 0 aromatic heterocycles. The van der Waals surface area contributed by atoms with Crippen LogP contribution in [0.1, 0.15) is 40.2 Å². The van der Waals surface area contributed by atoms with Crippen molar-refractivity contribution in [3.8, 4) is 11.1 Å². The van der Waals surface area contributed by atoms with Gasteiger partial charge in [-0.1, -0.05) is 61.2 Å². The summed E-state index contributed by atoms with van der Waals surface area (Å²) >= 11 is 0. The average Bonchev–Trinajstić information content (AvgIpc) is 3.57. The first-order valence-electron chi connectivity index (χ1n) is 13.2. The highest BCUT2D eigenvalue weighted by Crippen LogP contribution is 2.44. The van der Waals surface area contributed by atoms with Gasteiger partial charge in [0.1, 0.15) is 13.2 Å². The number of nitrogens with zero attached hydrogens (tertiary/aromatic N) is 1. The average molecular weight is 542 g/mol. The van der Waals surface area contributed by atoms with Crippen LogP contribution in [0, 0.1) is 0 Å². The van der Waals surface area contributed by atoms with Crippen molar-refractivity contribution < 1.29 is 29.0 Å². The van der Waals surface area contributed by atoms with E-state index in [-0.39, 0.29) is 48.9 Å². The molecular weight excluding hydrogens is 510 g/mol. The standard InChI is InChI=1S/C31H31N3O6/c1-2-16-39-31(38)33-28-17-20(13-14-26(28)29(36)34-15-7-8-21(34)18-35)32-30(37)40-19-27-24-11-5-3-9-22(24)23-10-4-6-12-25(23)27/h2-6,9-14,17,21,27,35H,1,7-8,15-16,18-19H2,(H,32,37)(H,33,38)/t21-/m0/s1. The zero-order chi connectivity index (χ0) is 28.1. The van der Waals surface area contributed by atoms with Gasteiger partial charge in [0.25, 0.3) is 5.91 Å². The number of hydrogen-bond acceptors (Lipinski definition) is 6. The van der Waals surface area contributed by atoms with Crippen LogP contribution in [0.5, 0.6) is 0 Å². The van der Waals surface area contributed by atoms with Crippen molar-refractivity contribution in [3.05, 3.63) is 96.1 Å². The molecule has 0 unspecified atom stereocenters. The van der Waals surface area contributed by atoms with Gasteiger partial charge in [-0.05, 0) is 53.3 Å². The van der Waals surface area contributed by atoms with Crippen LogP contribution in [0.3, 0.4) is 0 Å². The fourth-order valence-electron chi connectivity index (χ4n) is 5.39. The summed E-state index contributed by atoms with van der Waals surface area (Å²) in [4.78, 5) is 40.0. The predicted octanol–water partition coefficient (Wildman–Crippen LogP) is 5.38. The van der Waals surface area contributed by atoms with E-state index in [9.17, 15) is 19.5 Å². The molecule has 2 aliphatic rings. The Morgan fingerprint density at radius 2 is 1.62 bits per heavy atom. The Kier molecular flexibility index (Phi) is 8.12. The number of hydrogen-bond donors (Lipinski definition) is 3. The van der Waals surface area contributed by atoms with Crippen LogP contribution in [0.4, 0.5) is 21.0 Å². The number of nitrogens with one attached hydrogen (secondary N) is 2. The number of ether oxygens (including phenoxy) is 2. The number of carbonyl (C=O) groups excluding carboxylic acids is 3. The number of rotatable bonds is 8. The topological polar surface area (TPSA) is 117 Å². The van der Waals surface area contributed by atoms with Crippen molar-refractivity contribution in [1.82, 2.24) is 4.90 Å². The van der Waals surface area contributed by atoms with Crippen LogP contribution in [0.25, 0.3) is 11.1 Å². The van der Waals surface area contributed by atoms with Crippen molar-refractivity contribution >= 4 is 29.5 Å². The van der Waals surface area contributed by atoms with E-state index in [1.807, 2.05) is 36.4 Å². The van der Waals surface area contributed by atoms with E-state index >= 15 is 0 Å². The molecular formula is C31H31N3O6. The van der Waals surface area contributed by atoms with Crippen LogP contribution < -0.4 is 10.6 Å². The van der Waals surface area contributed by atoms with Crippen LogP contribution in [0.2, 0.25) is 0 Å². The molecule has 3 N–H and O–H groups in total.